The van der Waals surface area contributed by atoms with Gasteiger partial charge < -0.3 is 5.32 Å². The van der Waals surface area contributed by atoms with E-state index in [9.17, 15) is 8.42 Å². The molecule has 0 amide bonds. The molecule has 0 aliphatic carbocycles. The van der Waals surface area contributed by atoms with Gasteiger partial charge in [-0.05, 0) is 34.5 Å². The molecule has 0 aromatic carbocycles. The molecule has 0 radical (unpaired) electrons. The summed E-state index contributed by atoms with van der Waals surface area (Å²) in [6.07, 6.45) is 5.12. The molecule has 0 spiro atoms. The monoisotopic (exact) mass is 373 g/mol. The Balaban J connectivity index is 2.09. The lowest BCUT2D eigenvalue weighted by molar-refractivity contribution is 0.560. The first-order chi connectivity index (χ1) is 9.92. The van der Waals surface area contributed by atoms with E-state index >= 15 is 0 Å². The van der Waals surface area contributed by atoms with Gasteiger partial charge in [0.1, 0.15) is 10.7 Å². The Morgan fingerprint density at radius 2 is 2.14 bits per heavy atom. The van der Waals surface area contributed by atoms with Crippen LogP contribution in [0.25, 0.3) is 0 Å². The fourth-order valence-corrected chi connectivity index (χ4v) is 3.46. The van der Waals surface area contributed by atoms with Crippen molar-refractivity contribution in [3.63, 3.8) is 0 Å². The Morgan fingerprint density at radius 3 is 2.76 bits per heavy atom. The number of anilines is 1. The average Bonchev–Trinajstić information content (AvgIpc) is 2.84. The van der Waals surface area contributed by atoms with E-state index in [0.29, 0.717) is 16.8 Å². The van der Waals surface area contributed by atoms with Gasteiger partial charge >= 0.3 is 0 Å². The van der Waals surface area contributed by atoms with Crippen LogP contribution in [0.5, 0.6) is 0 Å². The molecular weight excluding hydrogens is 358 g/mol. The Labute approximate surface area is 132 Å². The predicted molar refractivity (Wildman–Crippen MR) is 83.6 cm³/mol. The van der Waals surface area contributed by atoms with Crippen molar-refractivity contribution < 1.29 is 8.42 Å². The van der Waals surface area contributed by atoms with Crippen LogP contribution in [0.15, 0.2) is 34.0 Å². The highest BCUT2D eigenvalue weighted by molar-refractivity contribution is 9.10. The summed E-state index contributed by atoms with van der Waals surface area (Å²) in [7, 11) is -2.01. The van der Waals surface area contributed by atoms with Crippen molar-refractivity contribution in [2.24, 2.45) is 0 Å². The van der Waals surface area contributed by atoms with Gasteiger partial charge in [-0.25, -0.2) is 18.1 Å². The van der Waals surface area contributed by atoms with Crippen molar-refractivity contribution in [2.75, 3.05) is 18.9 Å². The van der Waals surface area contributed by atoms with Crippen LogP contribution in [0.2, 0.25) is 0 Å². The van der Waals surface area contributed by atoms with Crippen molar-refractivity contribution in [3.05, 3.63) is 34.7 Å². The van der Waals surface area contributed by atoms with E-state index < -0.39 is 10.0 Å². The largest absolute Gasteiger partial charge is 0.372 e. The fourth-order valence-electron chi connectivity index (χ4n) is 1.77. The predicted octanol–water partition coefficient (Wildman–Crippen LogP) is 1.37. The normalized spacial score (nSPS) is 11.6. The van der Waals surface area contributed by atoms with Gasteiger partial charge in [0.2, 0.25) is 10.0 Å². The lowest BCUT2D eigenvalue weighted by Gasteiger charge is -2.11. The third kappa shape index (κ3) is 4.02. The van der Waals surface area contributed by atoms with Crippen LogP contribution in [-0.2, 0) is 16.6 Å². The third-order valence-corrected chi connectivity index (χ3v) is 4.65. The van der Waals surface area contributed by atoms with Crippen molar-refractivity contribution in [1.29, 1.82) is 0 Å². The maximum Gasteiger partial charge on any atom is 0.244 e. The third-order valence-electron chi connectivity index (χ3n) is 2.74. The van der Waals surface area contributed by atoms with E-state index in [0.717, 1.165) is 5.56 Å². The maximum atomic E-state index is 12.3. The second-order valence-electron chi connectivity index (χ2n) is 4.43. The van der Waals surface area contributed by atoms with Gasteiger partial charge in [-0.3, -0.25) is 4.68 Å². The van der Waals surface area contributed by atoms with Gasteiger partial charge in [0.15, 0.2) is 0 Å². The van der Waals surface area contributed by atoms with E-state index in [1.54, 1.807) is 17.9 Å². The van der Waals surface area contributed by atoms with Gasteiger partial charge in [-0.1, -0.05) is 0 Å². The van der Waals surface area contributed by atoms with Gasteiger partial charge in [-0.2, -0.15) is 5.10 Å². The lowest BCUT2D eigenvalue weighted by Crippen LogP contribution is -2.28. The molecule has 2 rings (SSSR count). The second-order valence-corrected chi connectivity index (χ2v) is 7.08. The highest BCUT2D eigenvalue weighted by atomic mass is 79.9. The molecule has 9 heteroatoms. The van der Waals surface area contributed by atoms with E-state index in [4.69, 9.17) is 0 Å². The Bertz CT molecular complexity index is 729. The second kappa shape index (κ2) is 6.54. The highest BCUT2D eigenvalue weighted by Crippen LogP contribution is 2.22. The van der Waals surface area contributed by atoms with Crippen LogP contribution in [0.3, 0.4) is 0 Å². The first-order valence-electron chi connectivity index (χ1n) is 6.24. The van der Waals surface area contributed by atoms with E-state index in [-0.39, 0.29) is 11.4 Å². The summed E-state index contributed by atoms with van der Waals surface area (Å²) in [6.45, 7) is 2.64. The summed E-state index contributed by atoms with van der Waals surface area (Å²) in [6, 6.07) is 1.51. The number of hydrogen-bond donors (Lipinski definition) is 2. The zero-order valence-electron chi connectivity index (χ0n) is 11.7. The first kappa shape index (κ1) is 15.9. The maximum absolute atomic E-state index is 12.3. The summed E-state index contributed by atoms with van der Waals surface area (Å²) >= 11 is 3.23. The smallest absolute Gasteiger partial charge is 0.244 e. The van der Waals surface area contributed by atoms with Crippen LogP contribution in [0.4, 0.5) is 5.82 Å². The minimum Gasteiger partial charge on any atom is -0.372 e. The molecule has 21 heavy (non-hydrogen) atoms. The van der Waals surface area contributed by atoms with Crippen molar-refractivity contribution >= 4 is 31.8 Å². The van der Waals surface area contributed by atoms with Gasteiger partial charge in [-0.15, -0.1) is 0 Å². The summed E-state index contributed by atoms with van der Waals surface area (Å²) in [5.41, 5.74) is 1.03. The Morgan fingerprint density at radius 1 is 1.38 bits per heavy atom. The molecule has 0 unspecified atom stereocenters. The number of aromatic nitrogens is 3. The molecule has 7 nitrogen and oxygen atoms in total. The Hall–Kier alpha value is -1.45. The molecule has 2 N–H and O–H groups in total. The SMILES string of the molecule is CNc1ncc(Br)cc1S(=O)(=O)NCCn1cc(C)cn1. The summed E-state index contributed by atoms with van der Waals surface area (Å²) in [5, 5.41) is 6.88. The zero-order valence-corrected chi connectivity index (χ0v) is 14.1. The molecule has 0 saturated carbocycles. The van der Waals surface area contributed by atoms with Crippen molar-refractivity contribution in [2.45, 2.75) is 18.4 Å². The molecule has 0 atom stereocenters. The molecule has 2 aromatic rings. The Kier molecular flexibility index (Phi) is 4.96. The molecule has 0 saturated heterocycles. The fraction of sp³-hybridized carbons (Fsp3) is 0.333. The van der Waals surface area contributed by atoms with Crippen molar-refractivity contribution in [3.8, 4) is 0 Å². The average molecular weight is 374 g/mol. The van der Waals surface area contributed by atoms with Crippen molar-refractivity contribution in [1.82, 2.24) is 19.5 Å². The minimum atomic E-state index is -3.63. The topological polar surface area (TPSA) is 88.9 Å². The summed E-state index contributed by atoms with van der Waals surface area (Å²) in [5.74, 6) is 0.306. The number of pyridine rings is 1. The number of rotatable bonds is 6. The van der Waals surface area contributed by atoms with Gasteiger partial charge in [0.25, 0.3) is 0 Å². The van der Waals surface area contributed by atoms with E-state index in [1.807, 2.05) is 13.1 Å². The molecule has 0 aliphatic heterocycles. The van der Waals surface area contributed by atoms with E-state index in [2.05, 4.69) is 36.1 Å². The van der Waals surface area contributed by atoms with Crippen LogP contribution in [-0.4, -0.2) is 36.8 Å². The number of hydrogen-bond acceptors (Lipinski definition) is 5. The molecule has 2 heterocycles. The number of aryl methyl sites for hydroxylation is 1. The van der Waals surface area contributed by atoms with Crippen LogP contribution in [0.1, 0.15) is 5.56 Å². The molecular formula is C12H16BrN5O2S. The molecule has 0 fully saturated rings. The van der Waals surface area contributed by atoms with Crippen LogP contribution < -0.4 is 10.0 Å². The van der Waals surface area contributed by atoms with Gasteiger partial charge in [0, 0.05) is 30.5 Å². The molecule has 0 bridgehead atoms. The number of nitrogens with one attached hydrogen (secondary N) is 2. The van der Waals surface area contributed by atoms with Crippen LogP contribution >= 0.6 is 15.9 Å². The first-order valence-corrected chi connectivity index (χ1v) is 8.52. The van der Waals surface area contributed by atoms with Gasteiger partial charge in [0.05, 0.1) is 12.7 Å². The summed E-state index contributed by atoms with van der Waals surface area (Å²) in [4.78, 5) is 4.15. The molecule has 2 aromatic heterocycles. The summed E-state index contributed by atoms with van der Waals surface area (Å²) < 4.78 is 29.5. The quantitative estimate of drug-likeness (QED) is 0.797. The molecule has 114 valence electrons. The standard InChI is InChI=1S/C12H16BrN5O2S/c1-9-6-16-18(8-9)4-3-17-21(19,20)11-5-10(13)7-15-12(11)14-2/h5-8,17H,3-4H2,1-2H3,(H,14,15). The highest BCUT2D eigenvalue weighted by Gasteiger charge is 2.19. The number of nitrogens with zero attached hydrogens (tertiary/aromatic N) is 3. The minimum absolute atomic E-state index is 0.107. The van der Waals surface area contributed by atoms with Crippen LogP contribution in [0, 0.1) is 6.92 Å². The number of halogens is 1. The van der Waals surface area contributed by atoms with E-state index in [1.165, 1.54) is 12.3 Å². The lowest BCUT2D eigenvalue weighted by atomic mass is 10.4. The number of sulfonamides is 1. The zero-order chi connectivity index (χ0) is 15.5. The molecule has 0 aliphatic rings.